The normalized spacial score (nSPS) is 21.9. The summed E-state index contributed by atoms with van der Waals surface area (Å²) < 4.78 is 38.1. The predicted octanol–water partition coefficient (Wildman–Crippen LogP) is 0.952. The zero-order valence-corrected chi connectivity index (χ0v) is 20.4. The quantitative estimate of drug-likeness (QED) is 0.577. The Morgan fingerprint density at radius 1 is 1.22 bits per heavy atom. The molecule has 0 radical (unpaired) electrons. The maximum Gasteiger partial charge on any atom is 0.252 e. The van der Waals surface area contributed by atoms with Crippen molar-refractivity contribution in [3.8, 4) is 11.5 Å². The average molecular weight is 515 g/mol. The Bertz CT molecular complexity index is 1300. The second-order valence-electron chi connectivity index (χ2n) is 8.92. The molecule has 3 aliphatic rings. The van der Waals surface area contributed by atoms with E-state index in [4.69, 9.17) is 9.47 Å². The SMILES string of the molecule is CCCC(NC(=O)c1ccc2c(c1)OCO2)C(=O)N1CCC2C1C(=O)CN2S(=O)(=O)c1cccnc1. The number of nitrogens with one attached hydrogen (secondary N) is 1. The monoisotopic (exact) mass is 514 g/mol. The highest BCUT2D eigenvalue weighted by atomic mass is 32.2. The maximum absolute atomic E-state index is 13.5. The van der Waals surface area contributed by atoms with Crippen molar-refractivity contribution in [3.05, 3.63) is 48.3 Å². The van der Waals surface area contributed by atoms with Gasteiger partial charge in [-0.25, -0.2) is 8.42 Å². The van der Waals surface area contributed by atoms with Gasteiger partial charge in [0.2, 0.25) is 22.7 Å². The predicted molar refractivity (Wildman–Crippen MR) is 126 cm³/mol. The van der Waals surface area contributed by atoms with Gasteiger partial charge in [0.05, 0.1) is 12.6 Å². The van der Waals surface area contributed by atoms with Gasteiger partial charge < -0.3 is 19.7 Å². The number of benzene rings is 1. The standard InChI is InChI=1S/C24H26N4O7S/c1-2-4-17(26-23(30)15-6-7-20-21(11-15)35-14-34-20)24(31)27-10-8-18-22(27)19(29)13-28(18)36(32,33)16-5-3-9-25-12-16/h3,5-7,9,11-12,17-18,22H,2,4,8,10,13-14H2,1H3,(H,26,30). The fraction of sp³-hybridized carbons (Fsp3) is 0.417. The molecule has 36 heavy (non-hydrogen) atoms. The van der Waals surface area contributed by atoms with Crippen molar-refractivity contribution in [2.75, 3.05) is 19.9 Å². The summed E-state index contributed by atoms with van der Waals surface area (Å²) in [5.74, 6) is -0.186. The summed E-state index contributed by atoms with van der Waals surface area (Å²) >= 11 is 0. The fourth-order valence-corrected chi connectivity index (χ4v) is 6.59. The van der Waals surface area contributed by atoms with Crippen molar-refractivity contribution in [2.24, 2.45) is 0 Å². The minimum absolute atomic E-state index is 0.00285. The van der Waals surface area contributed by atoms with Crippen molar-refractivity contribution >= 4 is 27.6 Å². The highest BCUT2D eigenvalue weighted by Gasteiger charge is 2.54. The van der Waals surface area contributed by atoms with Gasteiger partial charge in [0.25, 0.3) is 5.91 Å². The summed E-state index contributed by atoms with van der Waals surface area (Å²) in [5.41, 5.74) is 0.318. The van der Waals surface area contributed by atoms with Crippen LogP contribution in [0.5, 0.6) is 11.5 Å². The Kier molecular flexibility index (Phi) is 6.39. The first kappa shape index (κ1) is 24.2. The molecule has 5 rings (SSSR count). The Hall–Kier alpha value is -3.51. The second-order valence-corrected chi connectivity index (χ2v) is 10.8. The van der Waals surface area contributed by atoms with Gasteiger partial charge in [0.1, 0.15) is 17.0 Å². The maximum atomic E-state index is 13.5. The average Bonchev–Trinajstić information content (AvgIpc) is 3.60. The number of amides is 2. The lowest BCUT2D eigenvalue weighted by molar-refractivity contribution is -0.138. The van der Waals surface area contributed by atoms with Crippen LogP contribution in [0.15, 0.2) is 47.6 Å². The van der Waals surface area contributed by atoms with Crippen LogP contribution in [0.2, 0.25) is 0 Å². The van der Waals surface area contributed by atoms with Crippen molar-refractivity contribution in [1.82, 2.24) is 19.5 Å². The van der Waals surface area contributed by atoms with Crippen LogP contribution in [0.3, 0.4) is 0 Å². The van der Waals surface area contributed by atoms with E-state index in [1.165, 1.54) is 33.7 Å². The van der Waals surface area contributed by atoms with Crippen LogP contribution in [-0.4, -0.2) is 78.2 Å². The van der Waals surface area contributed by atoms with Gasteiger partial charge in [-0.2, -0.15) is 4.31 Å². The van der Waals surface area contributed by atoms with E-state index < -0.39 is 40.0 Å². The molecule has 0 spiro atoms. The summed E-state index contributed by atoms with van der Waals surface area (Å²) in [7, 11) is -3.95. The minimum Gasteiger partial charge on any atom is -0.454 e. The third-order valence-corrected chi connectivity index (χ3v) is 8.57. The number of Topliss-reactive ketones (excluding diaryl/α,β-unsaturated/α-hetero) is 1. The van der Waals surface area contributed by atoms with Gasteiger partial charge in [0.15, 0.2) is 17.3 Å². The van der Waals surface area contributed by atoms with Gasteiger partial charge in [-0.1, -0.05) is 13.3 Å². The molecule has 12 heteroatoms. The van der Waals surface area contributed by atoms with E-state index in [9.17, 15) is 22.8 Å². The highest BCUT2D eigenvalue weighted by molar-refractivity contribution is 7.89. The Morgan fingerprint density at radius 2 is 2.03 bits per heavy atom. The van der Waals surface area contributed by atoms with E-state index in [1.807, 2.05) is 6.92 Å². The van der Waals surface area contributed by atoms with Crippen LogP contribution in [0.1, 0.15) is 36.5 Å². The number of carbonyl (C=O) groups excluding carboxylic acids is 3. The molecule has 0 aliphatic carbocycles. The number of carbonyl (C=O) groups is 3. The second kappa shape index (κ2) is 9.51. The molecule has 11 nitrogen and oxygen atoms in total. The number of likely N-dealkylation sites (tertiary alicyclic amines) is 1. The molecule has 0 saturated carbocycles. The number of sulfonamides is 1. The van der Waals surface area contributed by atoms with Crippen LogP contribution in [-0.2, 0) is 19.6 Å². The molecule has 1 aromatic heterocycles. The summed E-state index contributed by atoms with van der Waals surface area (Å²) in [6.07, 6.45) is 4.04. The molecule has 190 valence electrons. The number of pyridine rings is 1. The molecular weight excluding hydrogens is 488 g/mol. The first-order valence-electron chi connectivity index (χ1n) is 11.8. The number of ketones is 1. The highest BCUT2D eigenvalue weighted by Crippen LogP contribution is 2.35. The summed E-state index contributed by atoms with van der Waals surface area (Å²) in [4.78, 5) is 44.7. The lowest BCUT2D eigenvalue weighted by atomic mass is 10.1. The van der Waals surface area contributed by atoms with E-state index in [0.29, 0.717) is 36.3 Å². The molecule has 1 N–H and O–H groups in total. The van der Waals surface area contributed by atoms with Crippen LogP contribution in [0.25, 0.3) is 0 Å². The molecule has 2 fully saturated rings. The third kappa shape index (κ3) is 4.20. The van der Waals surface area contributed by atoms with E-state index >= 15 is 0 Å². The van der Waals surface area contributed by atoms with Gasteiger partial charge in [-0.05, 0) is 43.2 Å². The zero-order chi connectivity index (χ0) is 25.4. The lowest BCUT2D eigenvalue weighted by Crippen LogP contribution is -2.52. The topological polar surface area (TPSA) is 135 Å². The summed E-state index contributed by atoms with van der Waals surface area (Å²) in [6.45, 7) is 1.89. The molecule has 2 aromatic rings. The van der Waals surface area contributed by atoms with E-state index in [0.717, 1.165) is 0 Å². The number of nitrogens with zero attached hydrogens (tertiary/aromatic N) is 3. The number of hydrogen-bond donors (Lipinski definition) is 1. The van der Waals surface area contributed by atoms with Crippen molar-refractivity contribution in [3.63, 3.8) is 0 Å². The van der Waals surface area contributed by atoms with Crippen molar-refractivity contribution in [2.45, 2.75) is 49.2 Å². The minimum atomic E-state index is -3.95. The molecule has 2 amide bonds. The smallest absolute Gasteiger partial charge is 0.252 e. The molecule has 4 heterocycles. The third-order valence-electron chi connectivity index (χ3n) is 6.72. The molecule has 3 unspecified atom stereocenters. The molecular formula is C24H26N4O7S. The molecule has 0 bridgehead atoms. The van der Waals surface area contributed by atoms with Gasteiger partial charge in [-0.15, -0.1) is 0 Å². The van der Waals surface area contributed by atoms with Crippen molar-refractivity contribution in [1.29, 1.82) is 0 Å². The molecule has 3 atom stereocenters. The van der Waals surface area contributed by atoms with E-state index in [1.54, 1.807) is 18.2 Å². The first-order valence-corrected chi connectivity index (χ1v) is 13.2. The fourth-order valence-electron chi connectivity index (χ4n) is 5.00. The number of ether oxygens (including phenoxy) is 2. The van der Waals surface area contributed by atoms with Gasteiger partial charge >= 0.3 is 0 Å². The molecule has 1 aromatic carbocycles. The lowest BCUT2D eigenvalue weighted by Gasteiger charge is -2.28. The number of fused-ring (bicyclic) bond motifs is 2. The largest absolute Gasteiger partial charge is 0.454 e. The first-order chi connectivity index (χ1) is 17.3. The van der Waals surface area contributed by atoms with Crippen molar-refractivity contribution < 1.29 is 32.3 Å². The van der Waals surface area contributed by atoms with Gasteiger partial charge in [-0.3, -0.25) is 19.4 Å². The zero-order valence-electron chi connectivity index (χ0n) is 19.6. The van der Waals surface area contributed by atoms with Crippen LogP contribution in [0.4, 0.5) is 0 Å². The van der Waals surface area contributed by atoms with Crippen LogP contribution < -0.4 is 14.8 Å². The summed E-state index contributed by atoms with van der Waals surface area (Å²) in [5, 5.41) is 2.79. The number of rotatable bonds is 7. The number of hydrogen-bond acceptors (Lipinski definition) is 8. The molecule has 3 aliphatic heterocycles. The number of aromatic nitrogens is 1. The Morgan fingerprint density at radius 3 is 2.78 bits per heavy atom. The Balaban J connectivity index is 1.33. The summed E-state index contributed by atoms with van der Waals surface area (Å²) in [6, 6.07) is 5.33. The molecule has 2 saturated heterocycles. The van der Waals surface area contributed by atoms with Crippen LogP contribution >= 0.6 is 0 Å². The van der Waals surface area contributed by atoms with Crippen LogP contribution in [0, 0.1) is 0 Å². The van der Waals surface area contributed by atoms with E-state index in [-0.39, 0.29) is 30.6 Å². The van der Waals surface area contributed by atoms with E-state index in [2.05, 4.69) is 10.3 Å². The van der Waals surface area contributed by atoms with Gasteiger partial charge in [0, 0.05) is 24.5 Å². The Labute approximate surface area is 208 Å².